The van der Waals surface area contributed by atoms with E-state index in [1.54, 1.807) is 6.20 Å². The largest absolute Gasteiger partial charge is 0.396 e. The minimum atomic E-state index is -0.610. The lowest BCUT2D eigenvalue weighted by Gasteiger charge is -2.08. The van der Waals surface area contributed by atoms with Gasteiger partial charge in [0.1, 0.15) is 5.65 Å². The van der Waals surface area contributed by atoms with Crippen molar-refractivity contribution in [3.05, 3.63) is 36.3 Å². The van der Waals surface area contributed by atoms with Crippen molar-refractivity contribution >= 4 is 5.65 Å². The molecule has 0 aliphatic carbocycles. The Morgan fingerprint density at radius 3 is 3.07 bits per heavy atom. The molecule has 0 aliphatic heterocycles. The molecule has 2 aromatic rings. The van der Waals surface area contributed by atoms with Crippen molar-refractivity contribution in [2.75, 3.05) is 6.61 Å². The highest BCUT2D eigenvalue weighted by molar-refractivity contribution is 5.41. The second-order valence-corrected chi connectivity index (χ2v) is 3.18. The van der Waals surface area contributed by atoms with Crippen LogP contribution in [0.5, 0.6) is 0 Å². The summed E-state index contributed by atoms with van der Waals surface area (Å²) in [7, 11) is 0. The van der Waals surface area contributed by atoms with E-state index in [1.807, 2.05) is 28.9 Å². The van der Waals surface area contributed by atoms with Gasteiger partial charge in [-0.05, 0) is 17.7 Å². The lowest BCUT2D eigenvalue weighted by Crippen LogP contribution is -2.00. The van der Waals surface area contributed by atoms with E-state index in [1.165, 1.54) is 0 Å². The first-order chi connectivity index (χ1) is 6.81. The molecule has 0 radical (unpaired) electrons. The molecule has 1 atom stereocenters. The molecule has 0 aliphatic rings. The van der Waals surface area contributed by atoms with E-state index in [0.29, 0.717) is 6.42 Å². The Morgan fingerprint density at radius 1 is 1.43 bits per heavy atom. The minimum absolute atomic E-state index is 0.0131. The first-order valence-electron chi connectivity index (χ1n) is 4.53. The van der Waals surface area contributed by atoms with Crippen molar-refractivity contribution < 1.29 is 10.2 Å². The van der Waals surface area contributed by atoms with Crippen LogP contribution in [0.2, 0.25) is 0 Å². The monoisotopic (exact) mass is 192 g/mol. The summed E-state index contributed by atoms with van der Waals surface area (Å²) in [6.07, 6.45) is 5.14. The number of hydrogen-bond donors (Lipinski definition) is 2. The van der Waals surface area contributed by atoms with E-state index in [-0.39, 0.29) is 6.61 Å². The average molecular weight is 192 g/mol. The first kappa shape index (κ1) is 9.18. The van der Waals surface area contributed by atoms with Gasteiger partial charge >= 0.3 is 0 Å². The molecule has 0 spiro atoms. The molecule has 0 fully saturated rings. The fourth-order valence-corrected chi connectivity index (χ4v) is 1.42. The van der Waals surface area contributed by atoms with Crippen molar-refractivity contribution in [3.8, 4) is 0 Å². The molecule has 2 rings (SSSR count). The summed E-state index contributed by atoms with van der Waals surface area (Å²) in [6, 6.07) is 3.65. The average Bonchev–Trinajstić information content (AvgIpc) is 2.64. The number of aliphatic hydroxyl groups is 2. The third-order valence-electron chi connectivity index (χ3n) is 2.21. The minimum Gasteiger partial charge on any atom is -0.396 e. The second kappa shape index (κ2) is 3.77. The van der Waals surface area contributed by atoms with Crippen LogP contribution in [0.1, 0.15) is 18.1 Å². The second-order valence-electron chi connectivity index (χ2n) is 3.18. The topological polar surface area (TPSA) is 57.8 Å². The predicted octanol–water partition coefficient (Wildman–Crippen LogP) is 0.750. The van der Waals surface area contributed by atoms with Crippen molar-refractivity contribution in [1.29, 1.82) is 0 Å². The molecule has 14 heavy (non-hydrogen) atoms. The fourth-order valence-electron chi connectivity index (χ4n) is 1.42. The van der Waals surface area contributed by atoms with E-state index >= 15 is 0 Å². The predicted molar refractivity (Wildman–Crippen MR) is 51.9 cm³/mol. The zero-order valence-electron chi connectivity index (χ0n) is 7.67. The van der Waals surface area contributed by atoms with Gasteiger partial charge in [0, 0.05) is 31.6 Å². The molecule has 74 valence electrons. The van der Waals surface area contributed by atoms with Gasteiger partial charge in [0.2, 0.25) is 0 Å². The molecule has 0 saturated heterocycles. The summed E-state index contributed by atoms with van der Waals surface area (Å²) in [5.41, 5.74) is 1.59. The van der Waals surface area contributed by atoms with Gasteiger partial charge in [-0.2, -0.15) is 0 Å². The van der Waals surface area contributed by atoms with Gasteiger partial charge in [0.15, 0.2) is 0 Å². The number of fused-ring (bicyclic) bond motifs is 1. The Bertz CT molecular complexity index is 425. The van der Waals surface area contributed by atoms with Crippen LogP contribution in [0.4, 0.5) is 0 Å². The van der Waals surface area contributed by atoms with Gasteiger partial charge in [-0.15, -0.1) is 0 Å². The number of rotatable bonds is 3. The molecule has 0 aromatic carbocycles. The highest BCUT2D eigenvalue weighted by atomic mass is 16.3. The summed E-state index contributed by atoms with van der Waals surface area (Å²) < 4.78 is 1.87. The Labute approximate surface area is 81.5 Å². The maximum Gasteiger partial charge on any atom is 0.136 e. The van der Waals surface area contributed by atoms with Gasteiger partial charge in [-0.3, -0.25) is 0 Å². The highest BCUT2D eigenvalue weighted by Gasteiger charge is 2.07. The van der Waals surface area contributed by atoms with Gasteiger partial charge < -0.3 is 14.6 Å². The Hall–Kier alpha value is -1.39. The van der Waals surface area contributed by atoms with Crippen LogP contribution in [-0.2, 0) is 0 Å². The number of hydrogen-bond acceptors (Lipinski definition) is 3. The van der Waals surface area contributed by atoms with Crippen LogP contribution in [-0.4, -0.2) is 26.2 Å². The quantitative estimate of drug-likeness (QED) is 0.754. The molecule has 0 amide bonds. The van der Waals surface area contributed by atoms with E-state index in [9.17, 15) is 5.11 Å². The van der Waals surface area contributed by atoms with Crippen LogP contribution >= 0.6 is 0 Å². The fraction of sp³-hybridized carbons (Fsp3) is 0.300. The van der Waals surface area contributed by atoms with E-state index in [0.717, 1.165) is 11.2 Å². The van der Waals surface area contributed by atoms with Crippen LogP contribution in [0.3, 0.4) is 0 Å². The third-order valence-corrected chi connectivity index (χ3v) is 2.21. The molecule has 2 N–H and O–H groups in total. The molecule has 4 heteroatoms. The summed E-state index contributed by atoms with van der Waals surface area (Å²) in [4.78, 5) is 4.11. The van der Waals surface area contributed by atoms with Crippen molar-refractivity contribution in [1.82, 2.24) is 9.38 Å². The van der Waals surface area contributed by atoms with Crippen LogP contribution < -0.4 is 0 Å². The summed E-state index contributed by atoms with van der Waals surface area (Å²) >= 11 is 0. The van der Waals surface area contributed by atoms with Crippen molar-refractivity contribution in [3.63, 3.8) is 0 Å². The number of imidazole rings is 1. The summed E-state index contributed by atoms with van der Waals surface area (Å²) in [5.74, 6) is 0. The molecule has 2 heterocycles. The smallest absolute Gasteiger partial charge is 0.136 e. The zero-order valence-corrected chi connectivity index (χ0v) is 7.67. The maximum absolute atomic E-state index is 9.62. The Kier molecular flexibility index (Phi) is 2.47. The SMILES string of the molecule is OCCC(O)c1ccn2ccnc2c1. The lowest BCUT2D eigenvalue weighted by atomic mass is 10.1. The summed E-state index contributed by atoms with van der Waals surface area (Å²) in [6.45, 7) is -0.0131. The van der Waals surface area contributed by atoms with Crippen LogP contribution in [0, 0.1) is 0 Å². The van der Waals surface area contributed by atoms with Gasteiger partial charge in [-0.25, -0.2) is 4.98 Å². The maximum atomic E-state index is 9.62. The zero-order chi connectivity index (χ0) is 9.97. The molecular weight excluding hydrogens is 180 g/mol. The molecule has 0 saturated carbocycles. The molecule has 2 aromatic heterocycles. The van der Waals surface area contributed by atoms with Crippen molar-refractivity contribution in [2.24, 2.45) is 0 Å². The first-order valence-corrected chi connectivity index (χ1v) is 4.53. The van der Waals surface area contributed by atoms with Crippen LogP contribution in [0.25, 0.3) is 5.65 Å². The van der Waals surface area contributed by atoms with E-state index < -0.39 is 6.10 Å². The number of aromatic nitrogens is 2. The molecule has 1 unspecified atom stereocenters. The van der Waals surface area contributed by atoms with Gasteiger partial charge in [0.05, 0.1) is 6.10 Å². The Balaban J connectivity index is 2.33. The van der Waals surface area contributed by atoms with Gasteiger partial charge in [0.25, 0.3) is 0 Å². The standard InChI is InChI=1S/C10H12N2O2/c13-6-2-9(14)8-1-4-12-5-3-11-10(12)7-8/h1,3-5,7,9,13-14H,2,6H2. The van der Waals surface area contributed by atoms with Crippen LogP contribution in [0.15, 0.2) is 30.7 Å². The third kappa shape index (κ3) is 1.62. The molecule has 4 nitrogen and oxygen atoms in total. The van der Waals surface area contributed by atoms with E-state index in [4.69, 9.17) is 5.11 Å². The van der Waals surface area contributed by atoms with Crippen molar-refractivity contribution in [2.45, 2.75) is 12.5 Å². The summed E-state index contributed by atoms with van der Waals surface area (Å²) in [5, 5.41) is 18.3. The lowest BCUT2D eigenvalue weighted by molar-refractivity contribution is 0.134. The highest BCUT2D eigenvalue weighted by Crippen LogP contribution is 2.17. The number of nitrogens with zero attached hydrogens (tertiary/aromatic N) is 2. The normalized spacial score (nSPS) is 13.3. The Morgan fingerprint density at radius 2 is 2.29 bits per heavy atom. The molecular formula is C10H12N2O2. The number of pyridine rings is 1. The van der Waals surface area contributed by atoms with Gasteiger partial charge in [-0.1, -0.05) is 0 Å². The number of aliphatic hydroxyl groups excluding tert-OH is 2. The van der Waals surface area contributed by atoms with E-state index in [2.05, 4.69) is 4.98 Å². The molecule has 0 bridgehead atoms.